The molecular weight excluding hydrogens is 340 g/mol. The molecule has 25 heavy (non-hydrogen) atoms. The van der Waals surface area contributed by atoms with E-state index in [0.717, 1.165) is 23.8 Å². The van der Waals surface area contributed by atoms with Gasteiger partial charge in [0.15, 0.2) is 14.6 Å². The van der Waals surface area contributed by atoms with Crippen LogP contribution in [0.4, 0.5) is 0 Å². The Bertz CT molecular complexity index is 847. The summed E-state index contributed by atoms with van der Waals surface area (Å²) in [6.07, 6.45) is 1.67. The molecule has 1 aliphatic rings. The smallest absolute Gasteiger partial charge is 0.238 e. The molecule has 134 valence electrons. The number of hydrogen-bond acceptors (Lipinski definition) is 5. The van der Waals surface area contributed by atoms with E-state index < -0.39 is 26.6 Å². The largest absolute Gasteiger partial charge is 0.392 e. The SMILES string of the molecule is CCC#Cc1ccc(C2=NO[C@@H](C[C@](C)(C(N)=O)S(C)(=O)=O)C2)cc1. The Kier molecular flexibility index (Phi) is 5.53. The number of benzene rings is 1. The predicted octanol–water partition coefficient (Wildman–Crippen LogP) is 1.62. The first-order valence-corrected chi connectivity index (χ1v) is 9.88. The molecule has 1 heterocycles. The zero-order chi connectivity index (χ0) is 18.7. The lowest BCUT2D eigenvalue weighted by atomic mass is 9.96. The van der Waals surface area contributed by atoms with Gasteiger partial charge in [-0.15, -0.1) is 0 Å². The topological polar surface area (TPSA) is 98.8 Å². The molecule has 1 amide bonds. The van der Waals surface area contributed by atoms with Gasteiger partial charge in [0.05, 0.1) is 5.71 Å². The molecule has 2 atom stereocenters. The van der Waals surface area contributed by atoms with Crippen LogP contribution in [0.2, 0.25) is 0 Å². The van der Waals surface area contributed by atoms with Crippen molar-refractivity contribution in [2.75, 3.05) is 6.26 Å². The monoisotopic (exact) mass is 362 g/mol. The third-order valence-corrected chi connectivity index (χ3v) is 6.32. The molecule has 1 aromatic rings. The number of hydrogen-bond donors (Lipinski definition) is 1. The number of oxime groups is 1. The number of primary amides is 1. The van der Waals surface area contributed by atoms with Gasteiger partial charge in [0.25, 0.3) is 0 Å². The zero-order valence-electron chi connectivity index (χ0n) is 14.6. The maximum absolute atomic E-state index is 12.0. The van der Waals surface area contributed by atoms with E-state index in [2.05, 4.69) is 17.0 Å². The van der Waals surface area contributed by atoms with E-state index in [4.69, 9.17) is 10.6 Å². The lowest BCUT2D eigenvalue weighted by Crippen LogP contribution is -2.49. The summed E-state index contributed by atoms with van der Waals surface area (Å²) in [5, 5.41) is 4.04. The highest BCUT2D eigenvalue weighted by molar-refractivity contribution is 7.92. The highest BCUT2D eigenvalue weighted by atomic mass is 32.2. The van der Waals surface area contributed by atoms with Crippen molar-refractivity contribution in [3.63, 3.8) is 0 Å². The van der Waals surface area contributed by atoms with Crippen LogP contribution in [-0.4, -0.2) is 37.1 Å². The van der Waals surface area contributed by atoms with E-state index in [1.165, 1.54) is 6.92 Å². The van der Waals surface area contributed by atoms with Crippen molar-refractivity contribution in [3.8, 4) is 11.8 Å². The summed E-state index contributed by atoms with van der Waals surface area (Å²) in [5.41, 5.74) is 7.82. The van der Waals surface area contributed by atoms with Gasteiger partial charge in [0.2, 0.25) is 5.91 Å². The summed E-state index contributed by atoms with van der Waals surface area (Å²) in [6.45, 7) is 3.32. The Morgan fingerprint density at radius 2 is 2.04 bits per heavy atom. The molecule has 0 saturated carbocycles. The van der Waals surface area contributed by atoms with E-state index in [1.54, 1.807) is 0 Å². The van der Waals surface area contributed by atoms with Crippen LogP contribution in [0, 0.1) is 11.8 Å². The molecular formula is C18H22N2O4S. The van der Waals surface area contributed by atoms with Crippen LogP contribution in [0.25, 0.3) is 0 Å². The van der Waals surface area contributed by atoms with Crippen molar-refractivity contribution >= 4 is 21.5 Å². The Labute approximate surface area is 148 Å². The van der Waals surface area contributed by atoms with Crippen LogP contribution < -0.4 is 5.73 Å². The van der Waals surface area contributed by atoms with Gasteiger partial charge in [-0.05, 0) is 24.6 Å². The Balaban J connectivity index is 2.09. The molecule has 1 aliphatic heterocycles. The molecule has 1 aromatic carbocycles. The first-order valence-electron chi connectivity index (χ1n) is 7.99. The second kappa shape index (κ2) is 7.28. The molecule has 0 unspecified atom stereocenters. The van der Waals surface area contributed by atoms with Crippen LogP contribution in [0.15, 0.2) is 29.4 Å². The van der Waals surface area contributed by atoms with Crippen molar-refractivity contribution in [1.29, 1.82) is 0 Å². The summed E-state index contributed by atoms with van der Waals surface area (Å²) in [6, 6.07) is 7.60. The first kappa shape index (κ1) is 19.0. The molecule has 0 radical (unpaired) electrons. The van der Waals surface area contributed by atoms with E-state index in [0.29, 0.717) is 12.1 Å². The Hall–Kier alpha value is -2.33. The Morgan fingerprint density at radius 1 is 1.40 bits per heavy atom. The van der Waals surface area contributed by atoms with Gasteiger partial charge in [-0.3, -0.25) is 4.79 Å². The highest BCUT2D eigenvalue weighted by Crippen LogP contribution is 2.29. The number of carbonyl (C=O) groups is 1. The van der Waals surface area contributed by atoms with Gasteiger partial charge in [-0.25, -0.2) is 8.42 Å². The number of nitrogens with two attached hydrogens (primary N) is 1. The van der Waals surface area contributed by atoms with E-state index in [9.17, 15) is 13.2 Å². The van der Waals surface area contributed by atoms with Crippen LogP contribution >= 0.6 is 0 Å². The van der Waals surface area contributed by atoms with Gasteiger partial charge in [-0.2, -0.15) is 0 Å². The molecule has 0 bridgehead atoms. The summed E-state index contributed by atoms with van der Waals surface area (Å²) < 4.78 is 22.2. The van der Waals surface area contributed by atoms with Crippen molar-refractivity contribution in [1.82, 2.24) is 0 Å². The maximum atomic E-state index is 12.0. The van der Waals surface area contributed by atoms with Gasteiger partial charge >= 0.3 is 0 Å². The number of amides is 1. The molecule has 0 aromatic heterocycles. The summed E-state index contributed by atoms with van der Waals surface area (Å²) in [4.78, 5) is 17.0. The fourth-order valence-corrected chi connectivity index (χ4v) is 3.37. The fraction of sp³-hybridized carbons (Fsp3) is 0.444. The molecule has 0 saturated heterocycles. The van der Waals surface area contributed by atoms with Crippen LogP contribution in [0.5, 0.6) is 0 Å². The van der Waals surface area contributed by atoms with E-state index >= 15 is 0 Å². The van der Waals surface area contributed by atoms with Crippen molar-refractivity contribution in [3.05, 3.63) is 35.4 Å². The van der Waals surface area contributed by atoms with E-state index in [-0.39, 0.29) is 6.42 Å². The molecule has 7 heteroatoms. The third kappa shape index (κ3) is 4.20. The molecule has 6 nitrogen and oxygen atoms in total. The first-order chi connectivity index (χ1) is 11.7. The second-order valence-electron chi connectivity index (χ2n) is 6.27. The average molecular weight is 362 g/mol. The van der Waals surface area contributed by atoms with Crippen molar-refractivity contribution in [2.24, 2.45) is 10.9 Å². The lowest BCUT2D eigenvalue weighted by molar-refractivity contribution is -0.121. The van der Waals surface area contributed by atoms with E-state index in [1.807, 2.05) is 31.2 Å². The van der Waals surface area contributed by atoms with Crippen molar-refractivity contribution in [2.45, 2.75) is 44.0 Å². The number of sulfone groups is 1. The third-order valence-electron chi connectivity index (χ3n) is 4.32. The highest BCUT2D eigenvalue weighted by Gasteiger charge is 2.45. The summed E-state index contributed by atoms with van der Waals surface area (Å²) in [7, 11) is -3.67. The molecule has 2 N–H and O–H groups in total. The van der Waals surface area contributed by atoms with Gasteiger partial charge in [0, 0.05) is 31.1 Å². The van der Waals surface area contributed by atoms with Crippen molar-refractivity contribution < 1.29 is 18.0 Å². The molecule has 0 spiro atoms. The Morgan fingerprint density at radius 3 is 2.56 bits per heavy atom. The lowest BCUT2D eigenvalue weighted by Gasteiger charge is -2.25. The molecule has 2 rings (SSSR count). The minimum atomic E-state index is -3.67. The number of nitrogens with zero attached hydrogens (tertiary/aromatic N) is 1. The second-order valence-corrected chi connectivity index (χ2v) is 8.72. The quantitative estimate of drug-likeness (QED) is 0.805. The predicted molar refractivity (Wildman–Crippen MR) is 96.7 cm³/mol. The van der Waals surface area contributed by atoms with Gasteiger partial charge in [0.1, 0.15) is 6.10 Å². The van der Waals surface area contributed by atoms with Crippen LogP contribution in [-0.2, 0) is 19.5 Å². The average Bonchev–Trinajstić information content (AvgIpc) is 3.00. The fourth-order valence-electron chi connectivity index (χ4n) is 2.51. The number of carbonyl (C=O) groups excluding carboxylic acids is 1. The molecule has 0 aliphatic carbocycles. The van der Waals surface area contributed by atoms with Crippen LogP contribution in [0.3, 0.4) is 0 Å². The maximum Gasteiger partial charge on any atom is 0.238 e. The molecule has 0 fully saturated rings. The standard InChI is InChI=1S/C18H22N2O4S/c1-4-5-6-13-7-9-14(10-8-13)16-11-15(24-20-16)12-18(2,17(19)21)25(3,22)23/h7-10,15H,4,11-12H2,1-3H3,(H2,19,21)/t15-,18-/m1/s1. The minimum Gasteiger partial charge on any atom is -0.392 e. The van der Waals surface area contributed by atoms with Gasteiger partial charge in [-0.1, -0.05) is 36.1 Å². The number of rotatable bonds is 5. The summed E-state index contributed by atoms with van der Waals surface area (Å²) in [5.74, 6) is 5.16. The van der Waals surface area contributed by atoms with Gasteiger partial charge < -0.3 is 10.6 Å². The normalized spacial score (nSPS) is 19.2. The summed E-state index contributed by atoms with van der Waals surface area (Å²) >= 11 is 0. The zero-order valence-corrected chi connectivity index (χ0v) is 15.4. The van der Waals surface area contributed by atoms with Crippen LogP contribution in [0.1, 0.15) is 44.2 Å². The minimum absolute atomic E-state index is 0.0335.